The van der Waals surface area contributed by atoms with Crippen molar-refractivity contribution < 1.29 is 24.1 Å². The predicted molar refractivity (Wildman–Crippen MR) is 70.2 cm³/mol. The molecule has 0 saturated heterocycles. The van der Waals surface area contributed by atoms with E-state index in [9.17, 15) is 4.79 Å². The van der Waals surface area contributed by atoms with Gasteiger partial charge >= 0.3 is 5.97 Å². The van der Waals surface area contributed by atoms with Crippen LogP contribution < -0.4 is 4.74 Å². The largest absolute Gasteiger partial charge is 0.494 e. The lowest BCUT2D eigenvalue weighted by Crippen LogP contribution is -2.26. The first kappa shape index (κ1) is 15.5. The van der Waals surface area contributed by atoms with Gasteiger partial charge in [-0.1, -0.05) is 12.1 Å². The lowest BCUT2D eigenvalue weighted by Gasteiger charge is -2.13. The van der Waals surface area contributed by atoms with E-state index in [0.717, 1.165) is 11.3 Å². The van der Waals surface area contributed by atoms with Crippen molar-refractivity contribution in [2.24, 2.45) is 0 Å². The average Bonchev–Trinajstić information content (AvgIpc) is 2.45. The van der Waals surface area contributed by atoms with E-state index in [1.54, 1.807) is 0 Å². The van der Waals surface area contributed by atoms with Crippen LogP contribution in [0.4, 0.5) is 0 Å². The topological polar surface area (TPSA) is 65.0 Å². The second-order valence-electron chi connectivity index (χ2n) is 4.02. The number of methoxy groups -OCH3 is 2. The molecule has 1 atom stereocenters. The quantitative estimate of drug-likeness (QED) is 0.566. The van der Waals surface area contributed by atoms with Crippen molar-refractivity contribution in [3.63, 3.8) is 0 Å². The lowest BCUT2D eigenvalue weighted by atomic mass is 10.1. The van der Waals surface area contributed by atoms with Gasteiger partial charge in [-0.3, -0.25) is 0 Å². The number of carbonyl (C=O) groups is 1. The Morgan fingerprint density at radius 3 is 2.47 bits per heavy atom. The van der Waals surface area contributed by atoms with Crippen LogP contribution >= 0.6 is 0 Å². The van der Waals surface area contributed by atoms with Gasteiger partial charge in [0.2, 0.25) is 0 Å². The average molecular weight is 268 g/mol. The summed E-state index contributed by atoms with van der Waals surface area (Å²) in [6.07, 6.45) is 0.474. The minimum Gasteiger partial charge on any atom is -0.494 e. The Balaban J connectivity index is 2.53. The van der Waals surface area contributed by atoms with E-state index in [2.05, 4.69) is 4.74 Å². The number of carbonyl (C=O) groups excluding carboxylic acids is 1. The summed E-state index contributed by atoms with van der Waals surface area (Å²) < 4.78 is 15.2. The van der Waals surface area contributed by atoms with E-state index in [0.29, 0.717) is 19.4 Å². The van der Waals surface area contributed by atoms with Crippen LogP contribution in [0.3, 0.4) is 0 Å². The van der Waals surface area contributed by atoms with Gasteiger partial charge in [0.1, 0.15) is 5.75 Å². The predicted octanol–water partition coefficient (Wildman–Crippen LogP) is 1.18. The Kier molecular flexibility index (Phi) is 6.92. The van der Waals surface area contributed by atoms with Gasteiger partial charge in [-0.15, -0.1) is 0 Å². The Morgan fingerprint density at radius 1 is 1.26 bits per heavy atom. The summed E-state index contributed by atoms with van der Waals surface area (Å²) in [7, 11) is 2.82. The molecule has 0 saturated carbocycles. The van der Waals surface area contributed by atoms with E-state index in [-0.39, 0.29) is 12.6 Å². The van der Waals surface area contributed by atoms with E-state index in [1.807, 2.05) is 24.3 Å². The third-order valence-corrected chi connectivity index (χ3v) is 2.66. The molecule has 5 nitrogen and oxygen atoms in total. The van der Waals surface area contributed by atoms with Gasteiger partial charge in [0.25, 0.3) is 0 Å². The van der Waals surface area contributed by atoms with Gasteiger partial charge < -0.3 is 19.3 Å². The third kappa shape index (κ3) is 5.28. The van der Waals surface area contributed by atoms with Crippen LogP contribution in [0.5, 0.6) is 5.75 Å². The summed E-state index contributed by atoms with van der Waals surface area (Å²) in [5.74, 6) is 0.356. The Morgan fingerprint density at radius 2 is 1.95 bits per heavy atom. The lowest BCUT2D eigenvalue weighted by molar-refractivity contribution is -0.152. The molecule has 0 bridgehead atoms. The van der Waals surface area contributed by atoms with Crippen LogP contribution in [-0.4, -0.2) is 44.6 Å². The van der Waals surface area contributed by atoms with Gasteiger partial charge in [0.05, 0.1) is 13.7 Å². The van der Waals surface area contributed by atoms with Crippen molar-refractivity contribution in [3.05, 3.63) is 29.8 Å². The van der Waals surface area contributed by atoms with Gasteiger partial charge in [0, 0.05) is 26.6 Å². The monoisotopic (exact) mass is 268 g/mol. The summed E-state index contributed by atoms with van der Waals surface area (Å²) in [6, 6.07) is 7.42. The van der Waals surface area contributed by atoms with Crippen LogP contribution in [0.2, 0.25) is 0 Å². The standard InChI is InChI=1S/C14H20O5/c1-17-13(14(16)18-2)10-11-4-6-12(7-5-11)19-9-3-8-15/h4-7,13,15H,3,8-10H2,1-2H3/t13-/m0/s1. The first-order valence-corrected chi connectivity index (χ1v) is 6.14. The minimum atomic E-state index is -0.592. The maximum absolute atomic E-state index is 11.4. The summed E-state index contributed by atoms with van der Waals surface area (Å²) in [5.41, 5.74) is 0.965. The van der Waals surface area contributed by atoms with Gasteiger partial charge in [-0.05, 0) is 17.7 Å². The fourth-order valence-corrected chi connectivity index (χ4v) is 1.58. The van der Waals surface area contributed by atoms with Crippen LogP contribution in [-0.2, 0) is 20.7 Å². The van der Waals surface area contributed by atoms with E-state index >= 15 is 0 Å². The molecular formula is C14H20O5. The number of aliphatic hydroxyl groups is 1. The first-order valence-electron chi connectivity index (χ1n) is 6.14. The van der Waals surface area contributed by atoms with E-state index < -0.39 is 6.10 Å². The van der Waals surface area contributed by atoms with Crippen LogP contribution in [0.1, 0.15) is 12.0 Å². The smallest absolute Gasteiger partial charge is 0.335 e. The molecule has 0 heterocycles. The molecule has 0 amide bonds. The molecule has 1 aromatic carbocycles. The molecular weight excluding hydrogens is 248 g/mol. The highest BCUT2D eigenvalue weighted by atomic mass is 16.6. The van der Waals surface area contributed by atoms with Gasteiger partial charge in [-0.25, -0.2) is 4.79 Å². The number of aliphatic hydroxyl groups excluding tert-OH is 1. The van der Waals surface area contributed by atoms with Crippen molar-refractivity contribution in [1.82, 2.24) is 0 Å². The molecule has 0 unspecified atom stereocenters. The summed E-state index contributed by atoms with van der Waals surface area (Å²) >= 11 is 0. The molecule has 1 N–H and O–H groups in total. The minimum absolute atomic E-state index is 0.118. The molecule has 0 aliphatic heterocycles. The van der Waals surface area contributed by atoms with Gasteiger partial charge in [0.15, 0.2) is 6.10 Å². The zero-order chi connectivity index (χ0) is 14.1. The van der Waals surface area contributed by atoms with Crippen LogP contribution in [0.25, 0.3) is 0 Å². The van der Waals surface area contributed by atoms with Crippen molar-refractivity contribution in [3.8, 4) is 5.75 Å². The Hall–Kier alpha value is -1.59. The number of hydrogen-bond donors (Lipinski definition) is 1. The number of ether oxygens (including phenoxy) is 3. The molecule has 5 heteroatoms. The van der Waals surface area contributed by atoms with Crippen molar-refractivity contribution in [2.75, 3.05) is 27.4 Å². The van der Waals surface area contributed by atoms with Gasteiger partial charge in [-0.2, -0.15) is 0 Å². The summed E-state index contributed by atoms with van der Waals surface area (Å²) in [5, 5.41) is 8.65. The molecule has 106 valence electrons. The van der Waals surface area contributed by atoms with Crippen molar-refractivity contribution >= 4 is 5.97 Å². The first-order chi connectivity index (χ1) is 9.21. The SMILES string of the molecule is COC(=O)[C@H](Cc1ccc(OCCCO)cc1)OC. The molecule has 0 aliphatic rings. The fourth-order valence-electron chi connectivity index (χ4n) is 1.58. The van der Waals surface area contributed by atoms with E-state index in [4.69, 9.17) is 14.6 Å². The molecule has 1 aromatic rings. The second kappa shape index (κ2) is 8.50. The number of esters is 1. The number of rotatable bonds is 8. The maximum Gasteiger partial charge on any atom is 0.335 e. The van der Waals surface area contributed by atoms with Crippen LogP contribution in [0.15, 0.2) is 24.3 Å². The molecule has 0 spiro atoms. The number of benzene rings is 1. The number of hydrogen-bond acceptors (Lipinski definition) is 5. The highest BCUT2D eigenvalue weighted by Gasteiger charge is 2.18. The van der Waals surface area contributed by atoms with Crippen molar-refractivity contribution in [1.29, 1.82) is 0 Å². The normalized spacial score (nSPS) is 11.9. The highest BCUT2D eigenvalue weighted by molar-refractivity contribution is 5.74. The molecule has 19 heavy (non-hydrogen) atoms. The highest BCUT2D eigenvalue weighted by Crippen LogP contribution is 2.14. The molecule has 0 aliphatic carbocycles. The summed E-state index contributed by atoms with van der Waals surface area (Å²) in [6.45, 7) is 0.603. The Bertz CT molecular complexity index is 374. The fraction of sp³-hybridized carbons (Fsp3) is 0.500. The second-order valence-corrected chi connectivity index (χ2v) is 4.02. The zero-order valence-electron chi connectivity index (χ0n) is 11.3. The molecule has 1 rings (SSSR count). The molecule has 0 fully saturated rings. The summed E-state index contributed by atoms with van der Waals surface area (Å²) in [4.78, 5) is 11.4. The third-order valence-electron chi connectivity index (χ3n) is 2.66. The molecule has 0 aromatic heterocycles. The Labute approximate surface area is 113 Å². The zero-order valence-corrected chi connectivity index (χ0v) is 11.3. The van der Waals surface area contributed by atoms with E-state index in [1.165, 1.54) is 14.2 Å². The van der Waals surface area contributed by atoms with Crippen LogP contribution in [0, 0.1) is 0 Å². The van der Waals surface area contributed by atoms with Crippen molar-refractivity contribution in [2.45, 2.75) is 18.9 Å². The maximum atomic E-state index is 11.4. The molecule has 0 radical (unpaired) electrons.